The molecule has 40 heavy (non-hydrogen) atoms. The Morgan fingerprint density at radius 3 is 2.33 bits per heavy atom. The maximum Gasteiger partial charge on any atom is 0.245 e. The fourth-order valence-electron chi connectivity index (χ4n) is 4.41. The standard InChI is InChI=1S/C24H28N10O5S/c1-15-9-26-23(27-10-15)33-12-17(37-2)8-18(13-33)40(35,36)32-24-31-30-20(16-6-5-7-25-11-16)34(24)19-21(38-3)28-14-29-22(19)39-4/h5-7,9-11,14,17-18H,8,12-13H2,1-4H3,(H,31,32)/t17-,18+/m1/s1. The Labute approximate surface area is 230 Å². The molecule has 4 aromatic rings. The second-order valence-electron chi connectivity index (χ2n) is 8.99. The Morgan fingerprint density at radius 2 is 1.70 bits per heavy atom. The van der Waals surface area contributed by atoms with Gasteiger partial charge in [-0.15, -0.1) is 10.2 Å². The van der Waals surface area contributed by atoms with Gasteiger partial charge in [-0.2, -0.15) is 9.97 Å². The molecule has 16 heteroatoms. The average molecular weight is 569 g/mol. The molecule has 0 radical (unpaired) electrons. The fraction of sp³-hybridized carbons (Fsp3) is 0.375. The minimum absolute atomic E-state index is 0.108. The van der Waals surface area contributed by atoms with E-state index in [0.717, 1.165) is 5.56 Å². The van der Waals surface area contributed by atoms with Crippen LogP contribution in [0.2, 0.25) is 0 Å². The number of piperidine rings is 1. The van der Waals surface area contributed by atoms with Crippen LogP contribution in [0.25, 0.3) is 17.1 Å². The molecule has 15 nitrogen and oxygen atoms in total. The minimum Gasteiger partial charge on any atom is -0.479 e. The van der Waals surface area contributed by atoms with E-state index in [0.29, 0.717) is 18.1 Å². The van der Waals surface area contributed by atoms with Gasteiger partial charge in [0.1, 0.15) is 11.6 Å². The first-order valence-electron chi connectivity index (χ1n) is 12.2. The molecule has 1 saturated heterocycles. The number of methoxy groups -OCH3 is 3. The predicted molar refractivity (Wildman–Crippen MR) is 144 cm³/mol. The summed E-state index contributed by atoms with van der Waals surface area (Å²) in [7, 11) is 0.349. The normalized spacial score (nSPS) is 17.4. The van der Waals surface area contributed by atoms with Crippen molar-refractivity contribution in [2.24, 2.45) is 0 Å². The van der Waals surface area contributed by atoms with Crippen LogP contribution in [0.4, 0.5) is 11.9 Å². The number of ether oxygens (including phenoxy) is 3. The zero-order valence-electron chi connectivity index (χ0n) is 22.3. The molecule has 0 saturated carbocycles. The van der Waals surface area contributed by atoms with Crippen LogP contribution in [0.1, 0.15) is 12.0 Å². The van der Waals surface area contributed by atoms with Crippen LogP contribution in [0.3, 0.4) is 0 Å². The van der Waals surface area contributed by atoms with Gasteiger partial charge in [-0.1, -0.05) is 0 Å². The van der Waals surface area contributed by atoms with Crippen LogP contribution in [0.5, 0.6) is 11.8 Å². The van der Waals surface area contributed by atoms with Crippen molar-refractivity contribution in [2.45, 2.75) is 24.7 Å². The quantitative estimate of drug-likeness (QED) is 0.306. The summed E-state index contributed by atoms with van der Waals surface area (Å²) in [4.78, 5) is 23.0. The van der Waals surface area contributed by atoms with E-state index in [-0.39, 0.29) is 48.3 Å². The zero-order chi connectivity index (χ0) is 28.3. The minimum atomic E-state index is -4.06. The molecule has 4 aromatic heterocycles. The molecule has 0 unspecified atom stereocenters. The first-order chi connectivity index (χ1) is 19.3. The third-order valence-electron chi connectivity index (χ3n) is 6.38. The number of hydrogen-bond donors (Lipinski definition) is 1. The molecule has 0 aliphatic carbocycles. The first kappa shape index (κ1) is 27.1. The van der Waals surface area contributed by atoms with Crippen molar-refractivity contribution in [3.8, 4) is 28.8 Å². The largest absolute Gasteiger partial charge is 0.479 e. The maximum absolute atomic E-state index is 13.9. The summed E-state index contributed by atoms with van der Waals surface area (Å²) in [6.45, 7) is 2.47. The second kappa shape index (κ2) is 11.4. The Bertz CT molecular complexity index is 1540. The molecule has 5 rings (SSSR count). The number of nitrogens with one attached hydrogen (secondary N) is 1. The SMILES string of the molecule is COc1ncnc(OC)c1-n1c(NS(=O)(=O)[C@H]2C[C@@H](OC)CN(c3ncc(C)cn3)C2)nnc1-c1cccnc1. The summed E-state index contributed by atoms with van der Waals surface area (Å²) in [5.41, 5.74) is 1.67. The van der Waals surface area contributed by atoms with Gasteiger partial charge in [0, 0.05) is 50.6 Å². The predicted octanol–water partition coefficient (Wildman–Crippen LogP) is 1.27. The lowest BCUT2D eigenvalue weighted by molar-refractivity contribution is 0.0898. The van der Waals surface area contributed by atoms with Crippen molar-refractivity contribution in [3.05, 3.63) is 48.8 Å². The smallest absolute Gasteiger partial charge is 0.245 e. The highest BCUT2D eigenvalue weighted by atomic mass is 32.2. The summed E-state index contributed by atoms with van der Waals surface area (Å²) >= 11 is 0. The summed E-state index contributed by atoms with van der Waals surface area (Å²) in [6.07, 6.45) is 7.71. The molecule has 0 amide bonds. The van der Waals surface area contributed by atoms with Crippen LogP contribution in [-0.2, 0) is 14.8 Å². The summed E-state index contributed by atoms with van der Waals surface area (Å²) in [6, 6.07) is 3.49. The van der Waals surface area contributed by atoms with Gasteiger partial charge in [0.2, 0.25) is 33.7 Å². The van der Waals surface area contributed by atoms with E-state index in [1.807, 2.05) is 6.92 Å². The Morgan fingerprint density at radius 1 is 0.975 bits per heavy atom. The molecule has 5 heterocycles. The van der Waals surface area contributed by atoms with Crippen LogP contribution in [0.15, 0.2) is 43.2 Å². The molecule has 1 aliphatic rings. The highest BCUT2D eigenvalue weighted by molar-refractivity contribution is 7.93. The van der Waals surface area contributed by atoms with Crippen LogP contribution in [0, 0.1) is 6.92 Å². The van der Waals surface area contributed by atoms with Crippen molar-refractivity contribution >= 4 is 21.9 Å². The van der Waals surface area contributed by atoms with Gasteiger partial charge in [0.15, 0.2) is 11.5 Å². The number of pyridine rings is 1. The fourth-order valence-corrected chi connectivity index (χ4v) is 5.81. The van der Waals surface area contributed by atoms with Gasteiger partial charge in [-0.25, -0.2) is 18.4 Å². The van der Waals surface area contributed by atoms with E-state index in [4.69, 9.17) is 14.2 Å². The number of nitrogens with zero attached hydrogens (tertiary/aromatic N) is 9. The average Bonchev–Trinajstić information content (AvgIpc) is 3.39. The van der Waals surface area contributed by atoms with Gasteiger partial charge in [0.25, 0.3) is 0 Å². The Hall–Kier alpha value is -4.44. The van der Waals surface area contributed by atoms with Crippen LogP contribution >= 0.6 is 0 Å². The molecule has 0 aromatic carbocycles. The van der Waals surface area contributed by atoms with Crippen LogP contribution < -0.4 is 19.1 Å². The van der Waals surface area contributed by atoms with E-state index >= 15 is 0 Å². The topological polar surface area (TPSA) is 172 Å². The number of aryl methyl sites for hydroxylation is 1. The lowest BCUT2D eigenvalue weighted by Crippen LogP contribution is -2.51. The highest BCUT2D eigenvalue weighted by Gasteiger charge is 2.38. The lowest BCUT2D eigenvalue weighted by Gasteiger charge is -2.36. The highest BCUT2D eigenvalue weighted by Crippen LogP contribution is 2.35. The third kappa shape index (κ3) is 5.35. The van der Waals surface area contributed by atoms with Crippen molar-refractivity contribution in [1.82, 2.24) is 39.7 Å². The Kier molecular flexibility index (Phi) is 7.70. The second-order valence-corrected chi connectivity index (χ2v) is 11.0. The van der Waals surface area contributed by atoms with Gasteiger partial charge in [0.05, 0.1) is 20.3 Å². The van der Waals surface area contributed by atoms with E-state index < -0.39 is 15.3 Å². The molecule has 1 N–H and O–H groups in total. The molecule has 0 spiro atoms. The summed E-state index contributed by atoms with van der Waals surface area (Å²) in [5.74, 6) is 0.827. The van der Waals surface area contributed by atoms with E-state index in [1.54, 1.807) is 48.9 Å². The van der Waals surface area contributed by atoms with Gasteiger partial charge in [-0.05, 0) is 31.0 Å². The summed E-state index contributed by atoms with van der Waals surface area (Å²) < 4.78 is 48.3. The van der Waals surface area contributed by atoms with Crippen molar-refractivity contribution < 1.29 is 22.6 Å². The van der Waals surface area contributed by atoms with Crippen molar-refractivity contribution in [3.63, 3.8) is 0 Å². The van der Waals surface area contributed by atoms with Crippen molar-refractivity contribution in [2.75, 3.05) is 44.0 Å². The van der Waals surface area contributed by atoms with Crippen LogP contribution in [-0.4, -0.2) is 93.9 Å². The Balaban J connectivity index is 1.56. The third-order valence-corrected chi connectivity index (χ3v) is 8.06. The molecule has 0 bridgehead atoms. The zero-order valence-corrected chi connectivity index (χ0v) is 23.1. The van der Waals surface area contributed by atoms with E-state index in [9.17, 15) is 8.42 Å². The number of sulfonamides is 1. The van der Waals surface area contributed by atoms with Gasteiger partial charge in [-0.3, -0.25) is 14.3 Å². The van der Waals surface area contributed by atoms with E-state index in [1.165, 1.54) is 25.1 Å². The maximum atomic E-state index is 13.9. The molecular weight excluding hydrogens is 540 g/mol. The number of anilines is 2. The number of rotatable bonds is 9. The molecule has 1 aliphatic heterocycles. The first-order valence-corrected chi connectivity index (χ1v) is 13.8. The monoisotopic (exact) mass is 568 g/mol. The number of hydrogen-bond acceptors (Lipinski definition) is 13. The molecule has 1 fully saturated rings. The van der Waals surface area contributed by atoms with Gasteiger partial charge < -0.3 is 19.1 Å². The molecule has 2 atom stereocenters. The number of aromatic nitrogens is 8. The van der Waals surface area contributed by atoms with Gasteiger partial charge >= 0.3 is 0 Å². The van der Waals surface area contributed by atoms with E-state index in [2.05, 4.69) is 39.8 Å². The molecule has 210 valence electrons. The van der Waals surface area contributed by atoms with Crippen molar-refractivity contribution in [1.29, 1.82) is 0 Å². The summed E-state index contributed by atoms with van der Waals surface area (Å²) in [5, 5.41) is 7.56. The molecular formula is C24H28N10O5S. The lowest BCUT2D eigenvalue weighted by atomic mass is 10.1.